The Morgan fingerprint density at radius 3 is 2.32 bits per heavy atom. The van der Waals surface area contributed by atoms with Crippen molar-refractivity contribution < 1.29 is 9.84 Å². The maximum atomic E-state index is 10.2. The minimum absolute atomic E-state index is 0.0547. The molecule has 1 N–H and O–H groups in total. The highest BCUT2D eigenvalue weighted by molar-refractivity contribution is 5.64. The van der Waals surface area contributed by atoms with Gasteiger partial charge in [-0.1, -0.05) is 23.8 Å². The number of rotatable bonds is 7. The smallest absolute Gasteiger partial charge is 0.325 e. The molecule has 0 unspecified atom stereocenters. The Labute approximate surface area is 181 Å². The molecule has 0 aliphatic heterocycles. The van der Waals surface area contributed by atoms with Gasteiger partial charge in [0.2, 0.25) is 5.88 Å². The van der Waals surface area contributed by atoms with Crippen molar-refractivity contribution in [1.82, 2.24) is 9.97 Å². The molecule has 0 saturated heterocycles. The molecule has 0 radical (unpaired) electrons. The van der Waals surface area contributed by atoms with Gasteiger partial charge in [0.15, 0.2) is 0 Å². The Morgan fingerprint density at radius 2 is 1.74 bits per heavy atom. The van der Waals surface area contributed by atoms with E-state index in [1.807, 2.05) is 24.3 Å². The fourth-order valence-corrected chi connectivity index (χ4v) is 3.40. The third-order valence-corrected chi connectivity index (χ3v) is 5.28. The van der Waals surface area contributed by atoms with Crippen LogP contribution in [0.25, 0.3) is 12.3 Å². The minimum Gasteiger partial charge on any atom is -0.493 e. The zero-order valence-electron chi connectivity index (χ0n) is 17.8. The van der Waals surface area contributed by atoms with E-state index in [-0.39, 0.29) is 11.9 Å². The second-order valence-corrected chi connectivity index (χ2v) is 7.71. The van der Waals surface area contributed by atoms with Crippen LogP contribution in [-0.2, 0) is 0 Å². The molecule has 0 amide bonds. The Balaban J connectivity index is 1.59. The van der Waals surface area contributed by atoms with Crippen molar-refractivity contribution >= 4 is 30.4 Å². The third kappa shape index (κ3) is 4.91. The first-order valence-corrected chi connectivity index (χ1v) is 10.4. The van der Waals surface area contributed by atoms with Gasteiger partial charge in [-0.15, -0.1) is 0 Å². The Bertz CT molecular complexity index is 1180. The van der Waals surface area contributed by atoms with Crippen LogP contribution in [0, 0.1) is 12.8 Å². The number of hydrogen-bond acceptors (Lipinski definition) is 6. The maximum Gasteiger partial charge on any atom is 0.325 e. The van der Waals surface area contributed by atoms with E-state index < -0.39 is 0 Å². The summed E-state index contributed by atoms with van der Waals surface area (Å²) in [5.74, 6) is 1.17. The molecule has 3 aromatic rings. The number of ether oxygens (including phenoxy) is 1. The SMILES string of the molecule is C=N/C=c1/nc(Oc2ccc(N(CC3CC3)c3ccc(C)cc3)cc2)nc(O)/c1=C/C. The number of nitrogens with zero attached hydrogens (tertiary/aromatic N) is 4. The average molecular weight is 415 g/mol. The highest BCUT2D eigenvalue weighted by Crippen LogP contribution is 2.36. The number of aryl methyl sites for hydroxylation is 1. The van der Waals surface area contributed by atoms with E-state index in [0.29, 0.717) is 16.3 Å². The molecule has 6 nitrogen and oxygen atoms in total. The second kappa shape index (κ2) is 9.00. The summed E-state index contributed by atoms with van der Waals surface area (Å²) in [4.78, 5) is 14.5. The van der Waals surface area contributed by atoms with Gasteiger partial charge in [-0.2, -0.15) is 9.97 Å². The molecule has 1 heterocycles. The predicted octanol–water partition coefficient (Wildman–Crippen LogP) is 4.07. The van der Waals surface area contributed by atoms with E-state index >= 15 is 0 Å². The lowest BCUT2D eigenvalue weighted by molar-refractivity contribution is 0.400. The van der Waals surface area contributed by atoms with Crippen LogP contribution in [0.4, 0.5) is 11.4 Å². The standard InChI is InChI=1S/C25H26N4O2/c1-4-22-23(15-26-3)27-25(28-24(22)30)31-21-13-11-20(12-14-21)29(16-18-7-8-18)19-9-5-17(2)6-10-19/h4-6,9-15,18H,3,7-8,16H2,1-2H3,(H,27,28,30)/b22-4+,23-15+. The van der Waals surface area contributed by atoms with E-state index in [1.165, 1.54) is 30.3 Å². The van der Waals surface area contributed by atoms with Crippen LogP contribution in [0.5, 0.6) is 17.6 Å². The number of aromatic nitrogens is 2. The first-order chi connectivity index (χ1) is 15.1. The molecule has 0 atom stereocenters. The second-order valence-electron chi connectivity index (χ2n) is 7.71. The van der Waals surface area contributed by atoms with Crippen molar-refractivity contribution in [1.29, 1.82) is 0 Å². The van der Waals surface area contributed by atoms with Crippen molar-refractivity contribution in [3.05, 3.63) is 64.7 Å². The Kier molecular flexibility index (Phi) is 5.98. The first-order valence-electron chi connectivity index (χ1n) is 10.4. The summed E-state index contributed by atoms with van der Waals surface area (Å²) in [6, 6.07) is 16.5. The normalized spacial score (nSPS) is 14.5. The lowest BCUT2D eigenvalue weighted by Crippen LogP contribution is -2.29. The minimum atomic E-state index is -0.158. The summed E-state index contributed by atoms with van der Waals surface area (Å²) in [6.45, 7) is 8.34. The van der Waals surface area contributed by atoms with Crippen LogP contribution in [0.2, 0.25) is 0 Å². The zero-order chi connectivity index (χ0) is 21.8. The van der Waals surface area contributed by atoms with Gasteiger partial charge >= 0.3 is 6.01 Å². The van der Waals surface area contributed by atoms with Gasteiger partial charge < -0.3 is 14.7 Å². The highest BCUT2D eigenvalue weighted by Gasteiger charge is 2.25. The lowest BCUT2D eigenvalue weighted by atomic mass is 10.2. The summed E-state index contributed by atoms with van der Waals surface area (Å²) in [5, 5.41) is 11.1. The van der Waals surface area contributed by atoms with Gasteiger partial charge in [-0.3, -0.25) is 4.99 Å². The first kappa shape index (κ1) is 20.6. The summed E-state index contributed by atoms with van der Waals surface area (Å²) < 4.78 is 5.80. The number of hydrogen-bond donors (Lipinski definition) is 1. The number of anilines is 2. The van der Waals surface area contributed by atoms with E-state index in [0.717, 1.165) is 18.2 Å². The van der Waals surface area contributed by atoms with E-state index in [4.69, 9.17) is 4.74 Å². The fourth-order valence-electron chi connectivity index (χ4n) is 3.40. The predicted molar refractivity (Wildman–Crippen MR) is 125 cm³/mol. The number of benzene rings is 2. The molecule has 2 aromatic carbocycles. The summed E-state index contributed by atoms with van der Waals surface area (Å²) in [6.07, 6.45) is 5.75. The summed E-state index contributed by atoms with van der Waals surface area (Å²) in [7, 11) is 0. The maximum absolute atomic E-state index is 10.2. The molecule has 6 heteroatoms. The Morgan fingerprint density at radius 1 is 1.10 bits per heavy atom. The van der Waals surface area contributed by atoms with Crippen molar-refractivity contribution in [2.75, 3.05) is 11.4 Å². The third-order valence-electron chi connectivity index (χ3n) is 5.28. The summed E-state index contributed by atoms with van der Waals surface area (Å²) >= 11 is 0. The fraction of sp³-hybridized carbons (Fsp3) is 0.240. The molecule has 158 valence electrons. The monoisotopic (exact) mass is 414 g/mol. The van der Waals surface area contributed by atoms with Crippen molar-refractivity contribution in [3.8, 4) is 17.6 Å². The van der Waals surface area contributed by atoms with Crippen LogP contribution < -0.4 is 20.2 Å². The molecule has 0 spiro atoms. The molecule has 1 aliphatic rings. The molecule has 1 saturated carbocycles. The Hall–Kier alpha value is -3.67. The van der Waals surface area contributed by atoms with Crippen LogP contribution in [-0.4, -0.2) is 28.3 Å². The highest BCUT2D eigenvalue weighted by atomic mass is 16.5. The molecule has 4 rings (SSSR count). The molecular weight excluding hydrogens is 388 g/mol. The average Bonchev–Trinajstić information content (AvgIpc) is 3.58. The topological polar surface area (TPSA) is 70.8 Å². The van der Waals surface area contributed by atoms with Crippen LogP contribution in [0.15, 0.2) is 53.5 Å². The molecular formula is C25H26N4O2. The van der Waals surface area contributed by atoms with E-state index in [1.54, 1.807) is 13.0 Å². The molecule has 1 aliphatic carbocycles. The number of aromatic hydroxyl groups is 1. The molecule has 31 heavy (non-hydrogen) atoms. The van der Waals surface area contributed by atoms with Crippen LogP contribution >= 0.6 is 0 Å². The van der Waals surface area contributed by atoms with E-state index in [9.17, 15) is 5.11 Å². The van der Waals surface area contributed by atoms with Crippen molar-refractivity contribution in [2.45, 2.75) is 26.7 Å². The van der Waals surface area contributed by atoms with Crippen molar-refractivity contribution in [2.24, 2.45) is 10.9 Å². The lowest BCUT2D eigenvalue weighted by Gasteiger charge is -2.25. The molecule has 0 bridgehead atoms. The van der Waals surface area contributed by atoms with Gasteiger partial charge in [-0.25, -0.2) is 0 Å². The quantitative estimate of drug-likeness (QED) is 0.590. The van der Waals surface area contributed by atoms with E-state index in [2.05, 4.69) is 57.8 Å². The van der Waals surface area contributed by atoms with Gasteiger partial charge in [-0.05, 0) is 75.7 Å². The van der Waals surface area contributed by atoms with Gasteiger partial charge in [0.05, 0.1) is 16.8 Å². The molecule has 1 fully saturated rings. The number of aliphatic imine (C=N–C) groups is 1. The molecule has 1 aromatic heterocycles. The van der Waals surface area contributed by atoms with Crippen LogP contribution in [0.3, 0.4) is 0 Å². The van der Waals surface area contributed by atoms with Gasteiger partial charge in [0.25, 0.3) is 0 Å². The summed E-state index contributed by atoms with van der Waals surface area (Å²) in [5.41, 5.74) is 3.53. The van der Waals surface area contributed by atoms with Crippen molar-refractivity contribution in [3.63, 3.8) is 0 Å². The largest absolute Gasteiger partial charge is 0.493 e. The zero-order valence-corrected chi connectivity index (χ0v) is 17.8. The van der Waals surface area contributed by atoms with Crippen LogP contribution in [0.1, 0.15) is 25.3 Å². The van der Waals surface area contributed by atoms with Gasteiger partial charge in [0, 0.05) is 17.9 Å². The van der Waals surface area contributed by atoms with Gasteiger partial charge in [0.1, 0.15) is 5.75 Å².